The second-order valence-corrected chi connectivity index (χ2v) is 9.74. The Kier molecular flexibility index (Phi) is 4.48. The van der Waals surface area contributed by atoms with Crippen LogP contribution in [0.1, 0.15) is 24.0 Å². The molecule has 3 aliphatic rings. The molecule has 0 bridgehead atoms. The molecule has 3 aromatic rings. The van der Waals surface area contributed by atoms with Crippen LogP contribution in [0.4, 0.5) is 19.0 Å². The Balaban J connectivity index is 1.32. The van der Waals surface area contributed by atoms with Gasteiger partial charge in [0, 0.05) is 18.3 Å². The third-order valence-corrected chi connectivity index (χ3v) is 7.72. The third-order valence-electron chi connectivity index (χ3n) is 6.85. The molecule has 2 aliphatic heterocycles. The first-order valence-corrected chi connectivity index (χ1v) is 11.5. The number of halogens is 3. The number of piperidine rings is 1. The fourth-order valence-corrected chi connectivity index (χ4v) is 5.80. The second-order valence-electron chi connectivity index (χ2n) is 8.74. The van der Waals surface area contributed by atoms with Gasteiger partial charge in [-0.05, 0) is 54.8 Å². The molecule has 0 amide bonds. The average molecular weight is 472 g/mol. The van der Waals surface area contributed by atoms with Crippen LogP contribution in [0.25, 0.3) is 5.65 Å². The molecule has 0 unspecified atom stereocenters. The number of nitrogens with one attached hydrogen (secondary N) is 2. The second kappa shape index (κ2) is 7.21. The summed E-state index contributed by atoms with van der Waals surface area (Å²) in [5.74, 6) is -0.0331. The molecule has 1 aromatic carbocycles. The number of anilines is 1. The lowest BCUT2D eigenvalue weighted by Gasteiger charge is -2.35. The van der Waals surface area contributed by atoms with E-state index in [4.69, 9.17) is 15.8 Å². The van der Waals surface area contributed by atoms with Crippen LogP contribution in [0.2, 0.25) is 0 Å². The SMILES string of the molecule is N=C(SC(=N)N1CC(F)C1)c1cnn2ccc(N3CC[C@H]4C[C@]43c3cc(F)ccc3F)nc12. The summed E-state index contributed by atoms with van der Waals surface area (Å²) in [6.45, 7) is 1.01. The summed E-state index contributed by atoms with van der Waals surface area (Å²) in [5.41, 5.74) is 0.658. The minimum Gasteiger partial charge on any atom is -0.346 e. The van der Waals surface area contributed by atoms with Gasteiger partial charge < -0.3 is 9.80 Å². The van der Waals surface area contributed by atoms with Gasteiger partial charge in [0.25, 0.3) is 0 Å². The minimum atomic E-state index is -0.928. The quantitative estimate of drug-likeness (QED) is 0.449. The van der Waals surface area contributed by atoms with Gasteiger partial charge in [0.15, 0.2) is 10.8 Å². The van der Waals surface area contributed by atoms with E-state index in [0.29, 0.717) is 29.1 Å². The molecule has 1 aliphatic carbocycles. The average Bonchev–Trinajstić information content (AvgIpc) is 3.15. The number of aromatic nitrogens is 3. The van der Waals surface area contributed by atoms with Gasteiger partial charge in [-0.25, -0.2) is 22.7 Å². The van der Waals surface area contributed by atoms with Crippen LogP contribution in [-0.2, 0) is 5.54 Å². The number of rotatable bonds is 3. The van der Waals surface area contributed by atoms with E-state index < -0.39 is 23.3 Å². The zero-order valence-corrected chi connectivity index (χ0v) is 18.2. The number of nitrogens with zero attached hydrogens (tertiary/aromatic N) is 5. The van der Waals surface area contributed by atoms with Crippen molar-refractivity contribution in [3.63, 3.8) is 0 Å². The molecule has 2 N–H and O–H groups in total. The molecule has 6 rings (SSSR count). The van der Waals surface area contributed by atoms with E-state index >= 15 is 0 Å². The summed E-state index contributed by atoms with van der Waals surface area (Å²) in [6, 6.07) is 5.38. The highest BCUT2D eigenvalue weighted by Crippen LogP contribution is 2.63. The van der Waals surface area contributed by atoms with Gasteiger partial charge in [0.1, 0.15) is 28.7 Å². The maximum absolute atomic E-state index is 14.7. The molecule has 33 heavy (non-hydrogen) atoms. The van der Waals surface area contributed by atoms with E-state index in [2.05, 4.69) is 5.10 Å². The van der Waals surface area contributed by atoms with E-state index in [-0.39, 0.29) is 29.2 Å². The maximum atomic E-state index is 14.7. The first-order chi connectivity index (χ1) is 15.9. The summed E-state index contributed by atoms with van der Waals surface area (Å²) < 4.78 is 43.3. The highest BCUT2D eigenvalue weighted by molar-refractivity contribution is 8.26. The predicted molar refractivity (Wildman–Crippen MR) is 120 cm³/mol. The number of thioether (sulfide) groups is 1. The first-order valence-electron chi connectivity index (χ1n) is 10.7. The first kappa shape index (κ1) is 20.5. The predicted octanol–water partition coefficient (Wildman–Crippen LogP) is 3.78. The summed E-state index contributed by atoms with van der Waals surface area (Å²) in [7, 11) is 0. The van der Waals surface area contributed by atoms with E-state index in [1.807, 2.05) is 4.90 Å². The molecule has 0 spiro atoms. The molecule has 0 radical (unpaired) electrons. The van der Waals surface area contributed by atoms with Crippen molar-refractivity contribution in [1.82, 2.24) is 19.5 Å². The zero-order valence-electron chi connectivity index (χ0n) is 17.4. The van der Waals surface area contributed by atoms with Gasteiger partial charge in [0.2, 0.25) is 0 Å². The summed E-state index contributed by atoms with van der Waals surface area (Å²) in [6.07, 6.45) is 3.93. The molecule has 11 heteroatoms. The van der Waals surface area contributed by atoms with Gasteiger partial charge in [-0.2, -0.15) is 5.10 Å². The summed E-state index contributed by atoms with van der Waals surface area (Å²) >= 11 is 0.932. The Labute approximate surface area is 191 Å². The van der Waals surface area contributed by atoms with Crippen molar-refractivity contribution < 1.29 is 13.2 Å². The number of hydrogen-bond acceptors (Lipinski definition) is 6. The molecule has 2 atom stereocenters. The fraction of sp³-hybridized carbons (Fsp3) is 0.364. The van der Waals surface area contributed by atoms with E-state index in [1.54, 1.807) is 21.7 Å². The summed E-state index contributed by atoms with van der Waals surface area (Å²) in [5, 5.41) is 21.0. The molecule has 170 valence electrons. The van der Waals surface area contributed by atoms with E-state index in [1.165, 1.54) is 18.3 Å². The lowest BCUT2D eigenvalue weighted by molar-refractivity contribution is 0.133. The maximum Gasteiger partial charge on any atom is 0.167 e. The number of likely N-dealkylation sites (tertiary alicyclic amines) is 1. The topological polar surface area (TPSA) is 84.4 Å². The van der Waals surface area contributed by atoms with Gasteiger partial charge in [0.05, 0.1) is 30.4 Å². The molecule has 3 fully saturated rings. The van der Waals surface area contributed by atoms with Crippen LogP contribution in [0.3, 0.4) is 0 Å². The van der Waals surface area contributed by atoms with Crippen LogP contribution < -0.4 is 4.90 Å². The number of fused-ring (bicyclic) bond motifs is 2. The fourth-order valence-electron chi connectivity index (χ4n) is 5.07. The minimum absolute atomic E-state index is 0.0959. The number of hydrogen-bond donors (Lipinski definition) is 2. The molecule has 2 aromatic heterocycles. The van der Waals surface area contributed by atoms with Crippen LogP contribution in [0.5, 0.6) is 0 Å². The van der Waals surface area contributed by atoms with Crippen LogP contribution in [0, 0.1) is 28.4 Å². The molecule has 7 nitrogen and oxygen atoms in total. The van der Waals surface area contributed by atoms with Crippen molar-refractivity contribution in [1.29, 1.82) is 10.8 Å². The Morgan fingerprint density at radius 2 is 2.00 bits per heavy atom. The highest BCUT2D eigenvalue weighted by Gasteiger charge is 2.64. The van der Waals surface area contributed by atoms with Crippen molar-refractivity contribution >= 4 is 33.4 Å². The Bertz CT molecular complexity index is 1300. The number of benzene rings is 1. The van der Waals surface area contributed by atoms with Crippen molar-refractivity contribution in [3.05, 3.63) is 59.4 Å². The normalized spacial score (nSPS) is 24.2. The van der Waals surface area contributed by atoms with Crippen molar-refractivity contribution in [2.45, 2.75) is 24.6 Å². The van der Waals surface area contributed by atoms with Gasteiger partial charge in [-0.1, -0.05) is 0 Å². The van der Waals surface area contributed by atoms with Crippen LogP contribution in [-0.4, -0.2) is 55.5 Å². The van der Waals surface area contributed by atoms with Crippen molar-refractivity contribution in [2.24, 2.45) is 5.92 Å². The molecular formula is C22H20F3N7S. The van der Waals surface area contributed by atoms with E-state index in [0.717, 1.165) is 30.7 Å². The van der Waals surface area contributed by atoms with Crippen molar-refractivity contribution in [2.75, 3.05) is 24.5 Å². The molecule has 4 heterocycles. The Morgan fingerprint density at radius 3 is 2.76 bits per heavy atom. The third kappa shape index (κ3) is 3.12. The Hall–Kier alpha value is -3.08. The molecule has 1 saturated carbocycles. The van der Waals surface area contributed by atoms with Gasteiger partial charge >= 0.3 is 0 Å². The highest BCUT2D eigenvalue weighted by atomic mass is 32.2. The number of alkyl halides is 1. The van der Waals surface area contributed by atoms with Gasteiger partial charge in [-0.3, -0.25) is 10.8 Å². The molecular weight excluding hydrogens is 451 g/mol. The standard InChI is InChI=1S/C22H20F3N7S/c23-13-1-2-17(25)16(7-13)22-8-12(22)3-5-31(22)18-4-6-32-20(29-18)15(9-28-32)19(26)33-21(27)30-10-14(24)11-30/h1-2,4,6-7,9,12,14,26-27H,3,5,8,10-11H2/t12-,22+/m0/s1. The van der Waals surface area contributed by atoms with Gasteiger partial charge in [-0.15, -0.1) is 0 Å². The monoisotopic (exact) mass is 471 g/mol. The van der Waals surface area contributed by atoms with Crippen LogP contribution in [0.15, 0.2) is 36.7 Å². The van der Waals surface area contributed by atoms with Crippen LogP contribution >= 0.6 is 11.8 Å². The van der Waals surface area contributed by atoms with Crippen molar-refractivity contribution in [3.8, 4) is 0 Å². The lowest BCUT2D eigenvalue weighted by atomic mass is 10.0. The zero-order chi connectivity index (χ0) is 22.9. The van der Waals surface area contributed by atoms with E-state index in [9.17, 15) is 13.2 Å². The lowest BCUT2D eigenvalue weighted by Crippen LogP contribution is -2.50. The number of amidine groups is 1. The smallest absolute Gasteiger partial charge is 0.167 e. The largest absolute Gasteiger partial charge is 0.346 e. The molecule has 2 saturated heterocycles. The Morgan fingerprint density at radius 1 is 1.18 bits per heavy atom. The summed E-state index contributed by atoms with van der Waals surface area (Å²) in [4.78, 5) is 8.36.